The van der Waals surface area contributed by atoms with Crippen LogP contribution in [0.1, 0.15) is 63.5 Å². The van der Waals surface area contributed by atoms with Gasteiger partial charge in [0.2, 0.25) is 5.91 Å². The first kappa shape index (κ1) is 21.9. The van der Waals surface area contributed by atoms with Gasteiger partial charge in [0.05, 0.1) is 18.2 Å². The summed E-state index contributed by atoms with van der Waals surface area (Å²) < 4.78 is 0. The SMILES string of the molecule is C/C=C/c1ccc([C@H]2[C@H](CO)N(C(=O)C3CCCC3)C23CN(C(=O)NC(C)C)C3)cc1. The van der Waals surface area contributed by atoms with E-state index < -0.39 is 5.54 Å². The summed E-state index contributed by atoms with van der Waals surface area (Å²) in [5.74, 6) is 0.260. The molecule has 168 valence electrons. The van der Waals surface area contributed by atoms with E-state index in [4.69, 9.17) is 0 Å². The number of nitrogens with one attached hydrogen (secondary N) is 1. The van der Waals surface area contributed by atoms with Crippen LogP contribution in [0.4, 0.5) is 4.79 Å². The lowest BCUT2D eigenvalue weighted by Crippen LogP contribution is -2.86. The molecule has 1 aromatic rings. The Hall–Kier alpha value is -2.34. The molecule has 1 aromatic carbocycles. The van der Waals surface area contributed by atoms with Gasteiger partial charge < -0.3 is 20.2 Å². The van der Waals surface area contributed by atoms with Gasteiger partial charge in [0.25, 0.3) is 0 Å². The molecule has 6 nitrogen and oxygen atoms in total. The molecule has 2 heterocycles. The summed E-state index contributed by atoms with van der Waals surface area (Å²) in [4.78, 5) is 29.8. The second-order valence-corrected chi connectivity index (χ2v) is 9.65. The maximum absolute atomic E-state index is 13.5. The fourth-order valence-electron chi connectivity index (χ4n) is 5.83. The zero-order chi connectivity index (χ0) is 22.2. The van der Waals surface area contributed by atoms with E-state index in [1.165, 1.54) is 0 Å². The van der Waals surface area contributed by atoms with E-state index in [-0.39, 0.29) is 42.5 Å². The fourth-order valence-corrected chi connectivity index (χ4v) is 5.83. The zero-order valence-electron chi connectivity index (χ0n) is 18.9. The molecule has 4 rings (SSSR count). The third-order valence-electron chi connectivity index (χ3n) is 7.19. The number of hydrogen-bond acceptors (Lipinski definition) is 3. The van der Waals surface area contributed by atoms with Gasteiger partial charge in [0, 0.05) is 31.0 Å². The molecule has 6 heteroatoms. The van der Waals surface area contributed by atoms with Crippen molar-refractivity contribution in [1.82, 2.24) is 15.1 Å². The van der Waals surface area contributed by atoms with Crippen LogP contribution in [0.15, 0.2) is 30.3 Å². The lowest BCUT2D eigenvalue weighted by Gasteiger charge is -2.70. The van der Waals surface area contributed by atoms with Crippen molar-refractivity contribution in [3.05, 3.63) is 41.5 Å². The maximum atomic E-state index is 13.5. The van der Waals surface area contributed by atoms with E-state index in [0.717, 1.165) is 36.8 Å². The van der Waals surface area contributed by atoms with E-state index in [9.17, 15) is 14.7 Å². The molecule has 0 unspecified atom stereocenters. The smallest absolute Gasteiger partial charge is 0.317 e. The molecule has 2 atom stereocenters. The van der Waals surface area contributed by atoms with E-state index in [0.29, 0.717) is 13.1 Å². The average Bonchev–Trinajstić information content (AvgIpc) is 3.22. The van der Waals surface area contributed by atoms with Gasteiger partial charge in [-0.05, 0) is 44.7 Å². The Labute approximate surface area is 185 Å². The van der Waals surface area contributed by atoms with Crippen molar-refractivity contribution in [3.8, 4) is 0 Å². The van der Waals surface area contributed by atoms with Gasteiger partial charge in [-0.15, -0.1) is 0 Å². The van der Waals surface area contributed by atoms with Crippen molar-refractivity contribution >= 4 is 18.0 Å². The molecule has 0 radical (unpaired) electrons. The summed E-state index contributed by atoms with van der Waals surface area (Å²) in [5, 5.41) is 13.2. The predicted octanol–water partition coefficient (Wildman–Crippen LogP) is 3.37. The number of amides is 3. The number of rotatable bonds is 5. The van der Waals surface area contributed by atoms with Crippen LogP contribution in [0.2, 0.25) is 0 Å². The van der Waals surface area contributed by atoms with Crippen LogP contribution < -0.4 is 5.32 Å². The summed E-state index contributed by atoms with van der Waals surface area (Å²) in [6.07, 6.45) is 8.13. The van der Waals surface area contributed by atoms with Crippen molar-refractivity contribution in [2.45, 2.75) is 70.0 Å². The maximum Gasteiger partial charge on any atom is 0.317 e. The number of urea groups is 1. The first-order chi connectivity index (χ1) is 14.9. The standard InChI is InChI=1S/C25H35N3O3/c1-4-7-18-10-12-19(13-11-18)22-21(14-29)28(23(30)20-8-5-6-9-20)25(22)15-27(16-25)24(31)26-17(2)3/h4,7,10-13,17,20-22,29H,5-6,8-9,14-16H2,1-3H3,(H,26,31)/b7-4+/t21-,22-/m0/s1. The van der Waals surface area contributed by atoms with Gasteiger partial charge in [0.1, 0.15) is 0 Å². The second-order valence-electron chi connectivity index (χ2n) is 9.65. The Morgan fingerprint density at radius 3 is 2.39 bits per heavy atom. The third kappa shape index (κ3) is 3.75. The number of benzene rings is 1. The van der Waals surface area contributed by atoms with Crippen molar-refractivity contribution < 1.29 is 14.7 Å². The molecule has 2 N–H and O–H groups in total. The first-order valence-corrected chi connectivity index (χ1v) is 11.6. The number of carbonyl (C=O) groups is 2. The highest BCUT2D eigenvalue weighted by atomic mass is 16.3. The highest BCUT2D eigenvalue weighted by Gasteiger charge is 2.68. The molecular weight excluding hydrogens is 390 g/mol. The molecule has 2 saturated heterocycles. The summed E-state index contributed by atoms with van der Waals surface area (Å²) in [6, 6.07) is 8.15. The molecule has 31 heavy (non-hydrogen) atoms. The van der Waals surface area contributed by atoms with E-state index >= 15 is 0 Å². The number of carbonyl (C=O) groups excluding carboxylic acids is 2. The largest absolute Gasteiger partial charge is 0.394 e. The Balaban J connectivity index is 1.61. The zero-order valence-corrected chi connectivity index (χ0v) is 18.9. The third-order valence-corrected chi connectivity index (χ3v) is 7.19. The summed E-state index contributed by atoms with van der Waals surface area (Å²) in [6.45, 7) is 6.87. The van der Waals surface area contributed by atoms with Gasteiger partial charge in [-0.25, -0.2) is 4.79 Å². The second kappa shape index (κ2) is 8.65. The number of nitrogens with zero attached hydrogens (tertiary/aromatic N) is 2. The van der Waals surface area contributed by atoms with E-state index in [2.05, 4.69) is 35.7 Å². The van der Waals surface area contributed by atoms with Crippen LogP contribution in [-0.4, -0.2) is 64.2 Å². The number of allylic oxidation sites excluding steroid dienone is 1. The van der Waals surface area contributed by atoms with Gasteiger partial charge >= 0.3 is 6.03 Å². The van der Waals surface area contributed by atoms with Gasteiger partial charge in [-0.3, -0.25) is 4.79 Å². The molecule has 0 aromatic heterocycles. The number of aliphatic hydroxyl groups excluding tert-OH is 1. The van der Waals surface area contributed by atoms with Crippen LogP contribution >= 0.6 is 0 Å². The number of aliphatic hydroxyl groups is 1. The molecule has 1 aliphatic carbocycles. The highest BCUT2D eigenvalue weighted by molar-refractivity contribution is 5.84. The van der Waals surface area contributed by atoms with Crippen LogP contribution in [0.3, 0.4) is 0 Å². The summed E-state index contributed by atoms with van der Waals surface area (Å²) in [7, 11) is 0. The molecule has 0 bridgehead atoms. The average molecular weight is 426 g/mol. The Morgan fingerprint density at radius 1 is 1.19 bits per heavy atom. The van der Waals surface area contributed by atoms with Crippen LogP contribution in [0, 0.1) is 5.92 Å². The molecule has 2 aliphatic heterocycles. The molecule has 3 fully saturated rings. The van der Waals surface area contributed by atoms with Crippen molar-refractivity contribution in [2.75, 3.05) is 19.7 Å². The Kier molecular flexibility index (Phi) is 6.11. The Morgan fingerprint density at radius 2 is 1.84 bits per heavy atom. The van der Waals surface area contributed by atoms with Crippen LogP contribution in [0.25, 0.3) is 6.08 Å². The molecule has 1 spiro atoms. The minimum absolute atomic E-state index is 0.0330. The molecular formula is C25H35N3O3. The van der Waals surface area contributed by atoms with Crippen molar-refractivity contribution in [3.63, 3.8) is 0 Å². The summed E-state index contributed by atoms with van der Waals surface area (Å²) in [5.41, 5.74) is 1.85. The quantitative estimate of drug-likeness (QED) is 0.760. The number of likely N-dealkylation sites (tertiary alicyclic amines) is 2. The van der Waals surface area contributed by atoms with Crippen molar-refractivity contribution in [2.24, 2.45) is 5.92 Å². The lowest BCUT2D eigenvalue weighted by atomic mass is 9.60. The van der Waals surface area contributed by atoms with E-state index in [1.807, 2.05) is 31.7 Å². The van der Waals surface area contributed by atoms with Gasteiger partial charge in [-0.1, -0.05) is 49.3 Å². The highest BCUT2D eigenvalue weighted by Crippen LogP contribution is 2.55. The predicted molar refractivity (Wildman–Crippen MR) is 122 cm³/mol. The Bertz CT molecular complexity index is 836. The molecule has 1 saturated carbocycles. The van der Waals surface area contributed by atoms with Crippen LogP contribution in [-0.2, 0) is 4.79 Å². The van der Waals surface area contributed by atoms with Gasteiger partial charge in [0.15, 0.2) is 0 Å². The summed E-state index contributed by atoms with van der Waals surface area (Å²) >= 11 is 0. The fraction of sp³-hybridized carbons (Fsp3) is 0.600. The van der Waals surface area contributed by atoms with E-state index in [1.54, 1.807) is 4.90 Å². The minimum atomic E-state index is -0.413. The molecule has 3 amide bonds. The van der Waals surface area contributed by atoms with Crippen LogP contribution in [0.5, 0.6) is 0 Å². The minimum Gasteiger partial charge on any atom is -0.394 e. The normalized spacial score (nSPS) is 25.2. The molecule has 3 aliphatic rings. The lowest BCUT2D eigenvalue weighted by molar-refractivity contribution is -0.196. The number of hydrogen-bond donors (Lipinski definition) is 2. The van der Waals surface area contributed by atoms with Gasteiger partial charge in [-0.2, -0.15) is 0 Å². The topological polar surface area (TPSA) is 72.9 Å². The monoisotopic (exact) mass is 425 g/mol. The first-order valence-electron chi connectivity index (χ1n) is 11.6. The van der Waals surface area contributed by atoms with Crippen molar-refractivity contribution in [1.29, 1.82) is 0 Å².